The van der Waals surface area contributed by atoms with Gasteiger partial charge in [0, 0.05) is 19.1 Å². The van der Waals surface area contributed by atoms with Gasteiger partial charge in [-0.1, -0.05) is 30.3 Å². The van der Waals surface area contributed by atoms with E-state index in [-0.39, 0.29) is 36.6 Å². The molecule has 1 aromatic rings. The number of piperidine rings is 2. The number of likely N-dealkylation sites (tertiary alicyclic amines) is 1. The quantitative estimate of drug-likeness (QED) is 0.815. The van der Waals surface area contributed by atoms with E-state index < -0.39 is 0 Å². The molecule has 0 bridgehead atoms. The van der Waals surface area contributed by atoms with Crippen LogP contribution in [0, 0.1) is 5.92 Å². The van der Waals surface area contributed by atoms with Crippen molar-refractivity contribution >= 4 is 30.7 Å². The molecule has 3 rings (SSSR count). The number of hydrogen-bond acceptors (Lipinski definition) is 3. The van der Waals surface area contributed by atoms with Gasteiger partial charge < -0.3 is 10.6 Å². The van der Waals surface area contributed by atoms with E-state index in [4.69, 9.17) is 0 Å². The molecule has 2 aliphatic heterocycles. The molecule has 1 atom stereocenters. The summed E-state index contributed by atoms with van der Waals surface area (Å²) in [5, 5.41) is 6.57. The van der Waals surface area contributed by atoms with E-state index in [1.165, 1.54) is 24.9 Å². The lowest BCUT2D eigenvalue weighted by molar-refractivity contribution is -0.127. The fraction of sp³-hybridized carbons (Fsp3) is 0.632. The van der Waals surface area contributed by atoms with E-state index in [1.54, 1.807) is 0 Å². The molecule has 0 saturated carbocycles. The number of rotatable bonds is 5. The Bertz CT molecular complexity index is 495. The lowest BCUT2D eigenvalue weighted by Gasteiger charge is -2.39. The molecule has 1 amide bonds. The molecule has 0 aliphatic carbocycles. The first-order valence-electron chi connectivity index (χ1n) is 9.09. The molecule has 0 spiro atoms. The number of benzene rings is 1. The monoisotopic (exact) mass is 387 g/mol. The summed E-state index contributed by atoms with van der Waals surface area (Å²) in [5.41, 5.74) is 1.28. The maximum Gasteiger partial charge on any atom is 0.224 e. The van der Waals surface area contributed by atoms with Crippen molar-refractivity contribution in [1.82, 2.24) is 15.5 Å². The number of nitrogens with one attached hydrogen (secondary N) is 2. The van der Waals surface area contributed by atoms with Crippen LogP contribution in [-0.2, 0) is 11.2 Å². The van der Waals surface area contributed by atoms with E-state index in [0.717, 1.165) is 45.4 Å². The van der Waals surface area contributed by atoms with Crippen LogP contribution >= 0.6 is 24.8 Å². The smallest absolute Gasteiger partial charge is 0.224 e. The van der Waals surface area contributed by atoms with Gasteiger partial charge in [0.1, 0.15) is 0 Å². The van der Waals surface area contributed by atoms with Gasteiger partial charge in [-0.05, 0) is 57.3 Å². The SMILES string of the molecule is Cl.Cl.O=C(NCCc1ccccc1)C1CCCN(C2CCNCC2)C1. The molecule has 142 valence electrons. The van der Waals surface area contributed by atoms with Crippen molar-refractivity contribution in [3.8, 4) is 0 Å². The first-order valence-corrected chi connectivity index (χ1v) is 9.09. The first kappa shape index (κ1) is 22.2. The summed E-state index contributed by atoms with van der Waals surface area (Å²) in [6.07, 6.45) is 5.56. The standard InChI is InChI=1S/C19H29N3O.2ClH/c23-19(21-13-8-16-5-2-1-3-6-16)17-7-4-14-22(15-17)18-9-11-20-12-10-18;;/h1-3,5-6,17-18,20H,4,7-15H2,(H,21,23);2*1H. The highest BCUT2D eigenvalue weighted by molar-refractivity contribution is 5.85. The van der Waals surface area contributed by atoms with Crippen LogP contribution in [0.2, 0.25) is 0 Å². The number of halogens is 2. The van der Waals surface area contributed by atoms with Gasteiger partial charge >= 0.3 is 0 Å². The highest BCUT2D eigenvalue weighted by Gasteiger charge is 2.30. The van der Waals surface area contributed by atoms with Gasteiger partial charge in [0.25, 0.3) is 0 Å². The molecule has 2 aliphatic rings. The fourth-order valence-corrected chi connectivity index (χ4v) is 3.84. The van der Waals surface area contributed by atoms with Crippen LogP contribution < -0.4 is 10.6 Å². The lowest BCUT2D eigenvalue weighted by Crippen LogP contribution is -2.50. The molecule has 4 nitrogen and oxygen atoms in total. The second kappa shape index (κ2) is 11.7. The fourth-order valence-electron chi connectivity index (χ4n) is 3.84. The number of amides is 1. The van der Waals surface area contributed by atoms with Gasteiger partial charge in [-0.25, -0.2) is 0 Å². The second-order valence-electron chi connectivity index (χ2n) is 6.84. The molecule has 0 aromatic heterocycles. The number of carbonyl (C=O) groups is 1. The summed E-state index contributed by atoms with van der Waals surface area (Å²) in [7, 11) is 0. The van der Waals surface area contributed by atoms with Gasteiger partial charge in [0.2, 0.25) is 5.91 Å². The highest BCUT2D eigenvalue weighted by atomic mass is 35.5. The van der Waals surface area contributed by atoms with E-state index in [9.17, 15) is 4.79 Å². The zero-order valence-electron chi connectivity index (χ0n) is 14.8. The van der Waals surface area contributed by atoms with Crippen molar-refractivity contribution in [3.05, 3.63) is 35.9 Å². The lowest BCUT2D eigenvalue weighted by atomic mass is 9.93. The van der Waals surface area contributed by atoms with Crippen LogP contribution in [0.25, 0.3) is 0 Å². The highest BCUT2D eigenvalue weighted by Crippen LogP contribution is 2.22. The third-order valence-electron chi connectivity index (χ3n) is 5.20. The van der Waals surface area contributed by atoms with Crippen LogP contribution in [0.1, 0.15) is 31.2 Å². The summed E-state index contributed by atoms with van der Waals surface area (Å²) in [5.74, 6) is 0.425. The van der Waals surface area contributed by atoms with Crippen LogP contribution in [0.15, 0.2) is 30.3 Å². The molecule has 2 N–H and O–H groups in total. The van der Waals surface area contributed by atoms with Gasteiger partial charge in [0.05, 0.1) is 5.92 Å². The van der Waals surface area contributed by atoms with Gasteiger partial charge in [0.15, 0.2) is 0 Å². The maximum atomic E-state index is 12.5. The molecule has 6 heteroatoms. The third kappa shape index (κ3) is 6.78. The number of hydrogen-bond donors (Lipinski definition) is 2. The van der Waals surface area contributed by atoms with E-state index >= 15 is 0 Å². The predicted molar refractivity (Wildman–Crippen MR) is 108 cm³/mol. The minimum absolute atomic E-state index is 0. The summed E-state index contributed by atoms with van der Waals surface area (Å²) in [6.45, 7) is 5.09. The predicted octanol–water partition coefficient (Wildman–Crippen LogP) is 2.65. The Morgan fingerprint density at radius 1 is 1.12 bits per heavy atom. The average Bonchev–Trinajstić information content (AvgIpc) is 2.63. The zero-order valence-corrected chi connectivity index (χ0v) is 16.4. The minimum Gasteiger partial charge on any atom is -0.355 e. The summed E-state index contributed by atoms with van der Waals surface area (Å²) in [4.78, 5) is 15.0. The first-order chi connectivity index (χ1) is 11.3. The maximum absolute atomic E-state index is 12.5. The number of carbonyl (C=O) groups excluding carboxylic acids is 1. The molecule has 2 fully saturated rings. The Morgan fingerprint density at radius 2 is 1.84 bits per heavy atom. The summed E-state index contributed by atoms with van der Waals surface area (Å²) in [6, 6.07) is 11.0. The molecule has 2 saturated heterocycles. The van der Waals surface area contributed by atoms with Crippen molar-refractivity contribution in [2.75, 3.05) is 32.7 Å². The zero-order chi connectivity index (χ0) is 15.9. The van der Waals surface area contributed by atoms with Gasteiger partial charge in [-0.15, -0.1) is 24.8 Å². The summed E-state index contributed by atoms with van der Waals surface area (Å²) >= 11 is 0. The summed E-state index contributed by atoms with van der Waals surface area (Å²) < 4.78 is 0. The van der Waals surface area contributed by atoms with Crippen LogP contribution in [-0.4, -0.2) is 49.6 Å². The largest absolute Gasteiger partial charge is 0.355 e. The number of nitrogens with zero attached hydrogens (tertiary/aromatic N) is 1. The molecule has 1 unspecified atom stereocenters. The van der Waals surface area contributed by atoms with E-state index in [0.29, 0.717) is 6.04 Å². The topological polar surface area (TPSA) is 44.4 Å². The second-order valence-corrected chi connectivity index (χ2v) is 6.84. The van der Waals surface area contributed by atoms with Crippen molar-refractivity contribution < 1.29 is 4.79 Å². The van der Waals surface area contributed by atoms with Crippen LogP contribution in [0.5, 0.6) is 0 Å². The van der Waals surface area contributed by atoms with Crippen molar-refractivity contribution in [2.45, 2.75) is 38.1 Å². The molecular weight excluding hydrogens is 357 g/mol. The van der Waals surface area contributed by atoms with E-state index in [1.807, 2.05) is 6.07 Å². The Kier molecular flexibility index (Phi) is 10.4. The normalized spacial score (nSPS) is 21.7. The molecule has 25 heavy (non-hydrogen) atoms. The average molecular weight is 388 g/mol. The van der Waals surface area contributed by atoms with Crippen molar-refractivity contribution in [1.29, 1.82) is 0 Å². The van der Waals surface area contributed by atoms with Gasteiger partial charge in [-0.3, -0.25) is 9.69 Å². The Labute approximate surface area is 163 Å². The molecular formula is C19H31Cl2N3O. The Hall–Kier alpha value is -0.810. The minimum atomic E-state index is 0. The molecule has 1 aromatic carbocycles. The van der Waals surface area contributed by atoms with Crippen LogP contribution in [0.4, 0.5) is 0 Å². The van der Waals surface area contributed by atoms with Crippen molar-refractivity contribution in [3.63, 3.8) is 0 Å². The molecule has 0 radical (unpaired) electrons. The Balaban J connectivity index is 0.00000156. The molecule has 2 heterocycles. The Morgan fingerprint density at radius 3 is 2.56 bits per heavy atom. The van der Waals surface area contributed by atoms with Crippen molar-refractivity contribution in [2.24, 2.45) is 5.92 Å². The van der Waals surface area contributed by atoms with Crippen LogP contribution in [0.3, 0.4) is 0 Å². The van der Waals surface area contributed by atoms with E-state index in [2.05, 4.69) is 39.8 Å². The van der Waals surface area contributed by atoms with Gasteiger partial charge in [-0.2, -0.15) is 0 Å². The third-order valence-corrected chi connectivity index (χ3v) is 5.20.